The summed E-state index contributed by atoms with van der Waals surface area (Å²) in [4.78, 5) is 45.2. The van der Waals surface area contributed by atoms with E-state index in [-0.39, 0.29) is 17.8 Å². The molecule has 0 spiro atoms. The Hall–Kier alpha value is -1.34. The van der Waals surface area contributed by atoms with Crippen LogP contribution in [0.4, 0.5) is 5.95 Å². The third-order valence-electron chi connectivity index (χ3n) is 2.27. The Morgan fingerprint density at radius 3 is 2.76 bits per heavy atom. The zero-order valence-electron chi connectivity index (χ0n) is 8.68. The molecule has 0 saturated heterocycles. The van der Waals surface area contributed by atoms with E-state index in [1.54, 1.807) is 4.57 Å². The van der Waals surface area contributed by atoms with E-state index >= 15 is 0 Å². The van der Waals surface area contributed by atoms with Crippen LogP contribution in [0.5, 0.6) is 0 Å². The molecular formula is C8H11N3O5P+. The first-order chi connectivity index (χ1) is 7.85. The van der Waals surface area contributed by atoms with E-state index in [1.807, 2.05) is 0 Å². The molecule has 0 bridgehead atoms. The first-order valence-electron chi connectivity index (χ1n) is 4.78. The molecule has 92 valence electrons. The minimum absolute atomic E-state index is 0.108. The molecular weight excluding hydrogens is 249 g/mol. The van der Waals surface area contributed by atoms with Gasteiger partial charge in [-0.25, -0.2) is 14.8 Å². The molecule has 1 aromatic heterocycles. The fourth-order valence-electron chi connectivity index (χ4n) is 1.57. The molecule has 0 radical (unpaired) electrons. The molecule has 0 fully saturated rings. The van der Waals surface area contributed by atoms with Crippen LogP contribution in [0, 0.1) is 0 Å². The molecule has 0 atom stereocenters. The summed E-state index contributed by atoms with van der Waals surface area (Å²) in [5.74, 6) is -0.936. The monoisotopic (exact) mass is 260 g/mol. The number of aromatic nitrogens is 2. The number of hydrogen-bond donors (Lipinski definition) is 4. The standard InChI is InChI=1S/C8H10N3O5P/c12-7(13)6-3-11-2-1-5(4-17(14,15)16)9-8(11)10-6/h3,14-16H,1-2,4H2/p+1. The second-order valence-electron chi connectivity index (χ2n) is 3.70. The Labute approximate surface area is 96.5 Å². The second kappa shape index (κ2) is 4.15. The number of nitrogens with zero attached hydrogens (tertiary/aromatic N) is 3. The Morgan fingerprint density at radius 2 is 2.18 bits per heavy atom. The molecule has 0 aromatic carbocycles. The van der Waals surface area contributed by atoms with Crippen LogP contribution in [0.1, 0.15) is 16.9 Å². The van der Waals surface area contributed by atoms with Crippen molar-refractivity contribution < 1.29 is 24.6 Å². The van der Waals surface area contributed by atoms with Crippen molar-refractivity contribution in [3.8, 4) is 0 Å². The van der Waals surface area contributed by atoms with E-state index in [2.05, 4.69) is 9.98 Å². The number of carboxylic acid groups (broad SMARTS) is 1. The summed E-state index contributed by atoms with van der Waals surface area (Å²) in [6.07, 6.45) is 1.49. The highest BCUT2D eigenvalue weighted by atomic mass is 31.2. The summed E-state index contributed by atoms with van der Waals surface area (Å²) < 4.78 is 1.57. The predicted molar refractivity (Wildman–Crippen MR) is 59.3 cm³/mol. The molecule has 8 nitrogen and oxygen atoms in total. The minimum atomic E-state index is -3.89. The summed E-state index contributed by atoms with van der Waals surface area (Å²) in [6.45, 7) is 0.453. The van der Waals surface area contributed by atoms with Crippen LogP contribution in [0.15, 0.2) is 11.2 Å². The van der Waals surface area contributed by atoms with Crippen molar-refractivity contribution in [3.63, 3.8) is 0 Å². The van der Waals surface area contributed by atoms with Crippen molar-refractivity contribution in [2.24, 2.45) is 4.99 Å². The first kappa shape index (κ1) is 12.1. The number of hydrogen-bond acceptors (Lipinski definition) is 6. The van der Waals surface area contributed by atoms with Gasteiger partial charge in [-0.05, 0) is 0 Å². The number of aromatic carboxylic acids is 1. The van der Waals surface area contributed by atoms with Gasteiger partial charge < -0.3 is 9.67 Å². The van der Waals surface area contributed by atoms with Gasteiger partial charge in [-0.2, -0.15) is 14.7 Å². The molecule has 1 aromatic rings. The van der Waals surface area contributed by atoms with Crippen LogP contribution in [0.2, 0.25) is 0 Å². The fraction of sp³-hybridized carbons (Fsp3) is 0.375. The minimum Gasteiger partial charge on any atom is -0.476 e. The van der Waals surface area contributed by atoms with Crippen molar-refractivity contribution in [2.45, 2.75) is 13.0 Å². The molecule has 2 heterocycles. The quantitative estimate of drug-likeness (QED) is 0.557. The largest absolute Gasteiger partial charge is 0.476 e. The number of aliphatic imine (C=N–C) groups is 1. The lowest BCUT2D eigenvalue weighted by molar-refractivity contribution is 0.0691. The van der Waals surface area contributed by atoms with Crippen molar-refractivity contribution in [3.05, 3.63) is 11.9 Å². The van der Waals surface area contributed by atoms with Gasteiger partial charge in [0.25, 0.3) is 0 Å². The van der Waals surface area contributed by atoms with E-state index in [9.17, 15) is 4.79 Å². The molecule has 2 rings (SSSR count). The molecule has 1 aliphatic rings. The third kappa shape index (κ3) is 2.86. The number of carboxylic acids is 1. The SMILES string of the molecule is O=C(O)c1cn2c(n1)N=C(C[P+](O)(O)O)CC2. The highest BCUT2D eigenvalue weighted by Crippen LogP contribution is 2.45. The van der Waals surface area contributed by atoms with Gasteiger partial charge in [-0.1, -0.05) is 0 Å². The zero-order chi connectivity index (χ0) is 12.6. The summed E-state index contributed by atoms with van der Waals surface area (Å²) in [7, 11) is -3.89. The summed E-state index contributed by atoms with van der Waals surface area (Å²) >= 11 is 0. The van der Waals surface area contributed by atoms with Gasteiger partial charge in [-0.15, -0.1) is 0 Å². The number of fused-ring (bicyclic) bond motifs is 1. The fourth-order valence-corrected chi connectivity index (χ4v) is 2.29. The van der Waals surface area contributed by atoms with Crippen LogP contribution < -0.4 is 0 Å². The van der Waals surface area contributed by atoms with E-state index in [4.69, 9.17) is 19.8 Å². The van der Waals surface area contributed by atoms with Crippen LogP contribution in [0.3, 0.4) is 0 Å². The maximum Gasteiger partial charge on any atom is 0.409 e. The molecule has 0 aliphatic carbocycles. The Kier molecular flexibility index (Phi) is 2.96. The average Bonchev–Trinajstić information content (AvgIpc) is 2.57. The first-order valence-corrected chi connectivity index (χ1v) is 6.61. The van der Waals surface area contributed by atoms with E-state index in [1.165, 1.54) is 6.20 Å². The summed E-state index contributed by atoms with van der Waals surface area (Å²) in [5.41, 5.74) is 0.295. The highest BCUT2D eigenvalue weighted by molar-refractivity contribution is 7.59. The molecule has 17 heavy (non-hydrogen) atoms. The lowest BCUT2D eigenvalue weighted by atomic mass is 10.3. The van der Waals surface area contributed by atoms with Gasteiger partial charge in [0.05, 0.1) is 5.71 Å². The van der Waals surface area contributed by atoms with E-state index < -0.39 is 13.9 Å². The van der Waals surface area contributed by atoms with Gasteiger partial charge in [-0.3, -0.25) is 0 Å². The molecule has 0 saturated carbocycles. The lowest BCUT2D eigenvalue weighted by Crippen LogP contribution is -2.16. The summed E-state index contributed by atoms with van der Waals surface area (Å²) in [6, 6.07) is 0. The lowest BCUT2D eigenvalue weighted by Gasteiger charge is -2.13. The topological polar surface area (TPSA) is 128 Å². The maximum atomic E-state index is 10.7. The smallest absolute Gasteiger partial charge is 0.409 e. The number of carbonyl (C=O) groups is 1. The van der Waals surface area contributed by atoms with Crippen molar-refractivity contribution in [2.75, 3.05) is 6.16 Å². The predicted octanol–water partition coefficient (Wildman–Crippen LogP) is -0.203. The van der Waals surface area contributed by atoms with Gasteiger partial charge >= 0.3 is 13.9 Å². The molecule has 0 amide bonds. The maximum absolute atomic E-state index is 10.7. The zero-order valence-corrected chi connectivity index (χ0v) is 9.58. The van der Waals surface area contributed by atoms with Gasteiger partial charge in [0, 0.05) is 19.2 Å². The van der Waals surface area contributed by atoms with Gasteiger partial charge in [0.2, 0.25) is 5.95 Å². The van der Waals surface area contributed by atoms with Crippen molar-refractivity contribution >= 4 is 25.6 Å². The number of rotatable bonds is 3. The Morgan fingerprint density at radius 1 is 1.47 bits per heavy atom. The van der Waals surface area contributed by atoms with Crippen molar-refractivity contribution in [1.82, 2.24) is 9.55 Å². The summed E-state index contributed by atoms with van der Waals surface area (Å²) in [5, 5.41) is 8.75. The second-order valence-corrected chi connectivity index (χ2v) is 5.40. The van der Waals surface area contributed by atoms with Crippen LogP contribution in [-0.4, -0.2) is 47.2 Å². The van der Waals surface area contributed by atoms with Crippen LogP contribution in [0.25, 0.3) is 0 Å². The molecule has 9 heteroatoms. The Bertz CT molecular complexity index is 490. The number of aryl methyl sites for hydroxylation is 1. The van der Waals surface area contributed by atoms with E-state index in [0.29, 0.717) is 18.7 Å². The van der Waals surface area contributed by atoms with Crippen LogP contribution >= 0.6 is 7.94 Å². The van der Waals surface area contributed by atoms with Gasteiger partial charge in [0.15, 0.2) is 11.9 Å². The molecule has 1 aliphatic heterocycles. The Balaban J connectivity index is 2.25. The molecule has 0 unspecified atom stereocenters. The van der Waals surface area contributed by atoms with E-state index in [0.717, 1.165) is 0 Å². The third-order valence-corrected chi connectivity index (χ3v) is 3.06. The normalized spacial score (nSPS) is 15.4. The average molecular weight is 260 g/mol. The van der Waals surface area contributed by atoms with Crippen LogP contribution in [-0.2, 0) is 6.54 Å². The van der Waals surface area contributed by atoms with Gasteiger partial charge in [0.1, 0.15) is 0 Å². The number of imidazole rings is 1. The molecule has 4 N–H and O–H groups in total. The highest BCUT2D eigenvalue weighted by Gasteiger charge is 2.33. The van der Waals surface area contributed by atoms with Crippen molar-refractivity contribution in [1.29, 1.82) is 0 Å².